The molecule has 0 saturated carbocycles. The van der Waals surface area contributed by atoms with Crippen molar-refractivity contribution in [3.8, 4) is 29.4 Å². The molecular formula is C40H48FN5O3. The first-order chi connectivity index (χ1) is 24.1. The molecule has 8 nitrogen and oxygen atoms in total. The Hall–Kier alpha value is -4.62. The van der Waals surface area contributed by atoms with Crippen LogP contribution in [0.2, 0.25) is 0 Å². The molecule has 3 aromatic rings. The minimum absolute atomic E-state index is 0.0241. The number of nitriles is 2. The second-order valence-electron chi connectivity index (χ2n) is 12.7. The largest absolute Gasteiger partial charge is 0.494 e. The van der Waals surface area contributed by atoms with Gasteiger partial charge in [0.1, 0.15) is 23.1 Å². The fourth-order valence-electron chi connectivity index (χ4n) is 6.19. The van der Waals surface area contributed by atoms with Crippen molar-refractivity contribution in [1.82, 2.24) is 10.2 Å². The van der Waals surface area contributed by atoms with E-state index in [1.807, 2.05) is 24.3 Å². The van der Waals surface area contributed by atoms with E-state index in [1.165, 1.54) is 63.7 Å². The summed E-state index contributed by atoms with van der Waals surface area (Å²) in [4.78, 5) is 5.58. The normalized spacial score (nSPS) is 15.1. The van der Waals surface area contributed by atoms with Crippen LogP contribution in [0.25, 0.3) is 4.85 Å². The molecule has 5 rings (SSSR count). The van der Waals surface area contributed by atoms with Crippen molar-refractivity contribution in [1.29, 1.82) is 10.5 Å². The molecule has 0 aromatic heterocycles. The minimum atomic E-state index is -0.531. The maximum absolute atomic E-state index is 13.6. The van der Waals surface area contributed by atoms with E-state index in [9.17, 15) is 4.39 Å². The van der Waals surface area contributed by atoms with Gasteiger partial charge in [0.05, 0.1) is 49.7 Å². The van der Waals surface area contributed by atoms with E-state index in [1.54, 1.807) is 30.3 Å². The van der Waals surface area contributed by atoms with Gasteiger partial charge in [0.15, 0.2) is 0 Å². The van der Waals surface area contributed by atoms with Crippen molar-refractivity contribution < 1.29 is 18.6 Å². The summed E-state index contributed by atoms with van der Waals surface area (Å²) in [6.45, 7) is 14.4. The lowest BCUT2D eigenvalue weighted by Crippen LogP contribution is -2.35. The highest BCUT2D eigenvalue weighted by atomic mass is 19.1. The van der Waals surface area contributed by atoms with E-state index in [2.05, 4.69) is 27.2 Å². The van der Waals surface area contributed by atoms with Gasteiger partial charge in [-0.25, -0.2) is 9.24 Å². The van der Waals surface area contributed by atoms with Gasteiger partial charge in [-0.3, -0.25) is 0 Å². The van der Waals surface area contributed by atoms with Gasteiger partial charge in [-0.1, -0.05) is 0 Å². The van der Waals surface area contributed by atoms with E-state index < -0.39 is 5.82 Å². The molecule has 258 valence electrons. The lowest BCUT2D eigenvalue weighted by atomic mass is 9.92. The average Bonchev–Trinajstić information content (AvgIpc) is 3.15. The van der Waals surface area contributed by atoms with Gasteiger partial charge in [0.2, 0.25) is 5.69 Å². The zero-order valence-electron chi connectivity index (χ0n) is 28.4. The Bertz CT molecular complexity index is 1510. The molecule has 0 amide bonds. The molecule has 9 heteroatoms. The maximum atomic E-state index is 13.6. The highest BCUT2D eigenvalue weighted by Crippen LogP contribution is 2.24. The first-order valence-corrected chi connectivity index (χ1v) is 17.5. The zero-order chi connectivity index (χ0) is 34.5. The summed E-state index contributed by atoms with van der Waals surface area (Å²) in [5.41, 5.74) is 1.35. The van der Waals surface area contributed by atoms with Crippen LogP contribution in [0.5, 0.6) is 17.2 Å². The van der Waals surface area contributed by atoms with Gasteiger partial charge in [-0.2, -0.15) is 10.5 Å². The molecule has 3 aromatic carbocycles. The van der Waals surface area contributed by atoms with Crippen LogP contribution in [0.1, 0.15) is 68.9 Å². The van der Waals surface area contributed by atoms with Crippen LogP contribution in [0.4, 0.5) is 10.1 Å². The third kappa shape index (κ3) is 13.8. The van der Waals surface area contributed by atoms with Gasteiger partial charge in [0.25, 0.3) is 0 Å². The smallest absolute Gasteiger partial charge is 0.222 e. The van der Waals surface area contributed by atoms with Gasteiger partial charge in [-0.05, 0) is 156 Å². The van der Waals surface area contributed by atoms with Crippen molar-refractivity contribution >= 4 is 5.69 Å². The third-order valence-corrected chi connectivity index (χ3v) is 9.11. The third-order valence-electron chi connectivity index (χ3n) is 9.11. The highest BCUT2D eigenvalue weighted by molar-refractivity contribution is 5.48. The van der Waals surface area contributed by atoms with Crippen molar-refractivity contribution in [2.45, 2.75) is 57.8 Å². The number of nitrogens with one attached hydrogen (secondary N) is 1. The molecule has 49 heavy (non-hydrogen) atoms. The molecule has 2 saturated heterocycles. The van der Waals surface area contributed by atoms with E-state index >= 15 is 0 Å². The van der Waals surface area contributed by atoms with Crippen LogP contribution in [-0.2, 0) is 0 Å². The Morgan fingerprint density at radius 2 is 1.20 bits per heavy atom. The number of nitrogens with zero attached hydrogens (tertiary/aromatic N) is 4. The zero-order valence-corrected chi connectivity index (χ0v) is 28.4. The molecule has 0 radical (unpaired) electrons. The lowest BCUT2D eigenvalue weighted by molar-refractivity contribution is 0.161. The molecule has 0 atom stereocenters. The predicted octanol–water partition coefficient (Wildman–Crippen LogP) is 8.31. The van der Waals surface area contributed by atoms with E-state index in [0.717, 1.165) is 68.8 Å². The standard InChI is InChI=1S/C25H28FN3O2.C15H20N2O/c1-28-25-10-9-23(18-24(25)26)31-17-3-13-29-14-11-20(12-15-29)4-2-16-30-22-7-5-21(19-27)6-8-22;16-12-14-3-5-15(6-4-14)18-11-1-2-13-7-9-17-10-8-13/h5-10,18,20H,2-4,11-17H2;3-6,13,17H,1-2,7-11H2. The molecule has 0 bridgehead atoms. The van der Waals surface area contributed by atoms with Crippen LogP contribution in [-0.4, -0.2) is 57.4 Å². The summed E-state index contributed by atoms with van der Waals surface area (Å²) in [6.07, 6.45) is 10.5. The Labute approximate surface area is 291 Å². The van der Waals surface area contributed by atoms with Crippen molar-refractivity contribution in [2.24, 2.45) is 11.8 Å². The number of likely N-dealkylation sites (tertiary alicyclic amines) is 1. The monoisotopic (exact) mass is 665 g/mol. The number of rotatable bonds is 15. The Balaban J connectivity index is 0.000000254. The van der Waals surface area contributed by atoms with Crippen molar-refractivity contribution in [3.63, 3.8) is 0 Å². The molecule has 2 aliphatic heterocycles. The van der Waals surface area contributed by atoms with Gasteiger partial charge >= 0.3 is 0 Å². The SMILES string of the molecule is N#Cc1ccc(OCCCC2CCNCC2)cc1.[C-]#[N+]c1ccc(OCCCN2CCC(CCCOc3ccc(C#N)cc3)CC2)cc1F. The van der Waals surface area contributed by atoms with Crippen LogP contribution < -0.4 is 19.5 Å². The first kappa shape index (κ1) is 37.2. The maximum Gasteiger partial charge on any atom is 0.222 e. The van der Waals surface area contributed by atoms with Gasteiger partial charge in [-0.15, -0.1) is 0 Å². The Morgan fingerprint density at radius 3 is 1.71 bits per heavy atom. The van der Waals surface area contributed by atoms with Crippen LogP contribution in [0.15, 0.2) is 66.7 Å². The molecule has 0 aliphatic carbocycles. The molecule has 2 aliphatic rings. The van der Waals surface area contributed by atoms with Gasteiger partial charge < -0.3 is 24.4 Å². The average molecular weight is 666 g/mol. The highest BCUT2D eigenvalue weighted by Gasteiger charge is 2.18. The van der Waals surface area contributed by atoms with E-state index in [-0.39, 0.29) is 5.69 Å². The topological polar surface area (TPSA) is 94.9 Å². The Kier molecular flexibility index (Phi) is 16.2. The second-order valence-corrected chi connectivity index (χ2v) is 12.7. The molecular weight excluding hydrogens is 617 g/mol. The molecule has 2 heterocycles. The number of piperidine rings is 2. The second kappa shape index (κ2) is 21.4. The predicted molar refractivity (Wildman–Crippen MR) is 189 cm³/mol. The van der Waals surface area contributed by atoms with Crippen LogP contribution >= 0.6 is 0 Å². The lowest BCUT2D eigenvalue weighted by Gasteiger charge is -2.32. The van der Waals surface area contributed by atoms with Gasteiger partial charge in [0, 0.05) is 12.6 Å². The summed E-state index contributed by atoms with van der Waals surface area (Å²) in [7, 11) is 0. The fourth-order valence-corrected chi connectivity index (χ4v) is 6.19. The number of hydrogen-bond acceptors (Lipinski definition) is 7. The Morgan fingerprint density at radius 1 is 0.714 bits per heavy atom. The summed E-state index contributed by atoms with van der Waals surface area (Å²) in [5.74, 6) is 3.25. The molecule has 0 spiro atoms. The molecule has 1 N–H and O–H groups in total. The van der Waals surface area contributed by atoms with Crippen LogP contribution in [0, 0.1) is 46.9 Å². The number of halogens is 1. The van der Waals surface area contributed by atoms with Crippen molar-refractivity contribution in [3.05, 3.63) is 95.1 Å². The summed E-state index contributed by atoms with van der Waals surface area (Å²) in [5, 5.41) is 20.9. The quantitative estimate of drug-likeness (QED) is 0.129. The molecule has 0 unspecified atom stereocenters. The number of hydrogen-bond donors (Lipinski definition) is 1. The number of ether oxygens (including phenoxy) is 3. The summed E-state index contributed by atoms with van der Waals surface area (Å²) < 4.78 is 30.6. The van der Waals surface area contributed by atoms with E-state index in [4.69, 9.17) is 31.3 Å². The summed E-state index contributed by atoms with van der Waals surface area (Å²) in [6, 6.07) is 23.2. The minimum Gasteiger partial charge on any atom is -0.494 e. The summed E-state index contributed by atoms with van der Waals surface area (Å²) >= 11 is 0. The van der Waals surface area contributed by atoms with Crippen LogP contribution in [0.3, 0.4) is 0 Å². The molecule has 2 fully saturated rings. The van der Waals surface area contributed by atoms with E-state index in [0.29, 0.717) is 30.1 Å². The fraction of sp³-hybridized carbons (Fsp3) is 0.475. The van der Waals surface area contributed by atoms with Crippen molar-refractivity contribution in [2.75, 3.05) is 52.5 Å². The number of benzene rings is 3. The first-order valence-electron chi connectivity index (χ1n) is 17.5.